The average Bonchev–Trinajstić information content (AvgIpc) is 2.91. The fourth-order valence-electron chi connectivity index (χ4n) is 2.99. The van der Waals surface area contributed by atoms with Crippen LogP contribution in [-0.2, 0) is 4.74 Å². The first-order valence-corrected chi connectivity index (χ1v) is 7.38. The van der Waals surface area contributed by atoms with E-state index in [2.05, 4.69) is 49.1 Å². The van der Waals surface area contributed by atoms with E-state index in [0.29, 0.717) is 6.10 Å². The number of hydrogen-bond donors (Lipinski definition) is 1. The molecular weight excluding hydrogens is 236 g/mol. The Morgan fingerprint density at radius 3 is 2.63 bits per heavy atom. The summed E-state index contributed by atoms with van der Waals surface area (Å²) in [6, 6.07) is 11.0. The molecule has 2 rings (SSSR count). The van der Waals surface area contributed by atoms with Gasteiger partial charge in [-0.3, -0.25) is 4.90 Å². The molecule has 0 spiro atoms. The predicted molar refractivity (Wildman–Crippen MR) is 79.1 cm³/mol. The van der Waals surface area contributed by atoms with Crippen molar-refractivity contribution in [2.75, 3.05) is 19.7 Å². The van der Waals surface area contributed by atoms with Gasteiger partial charge in [-0.2, -0.15) is 0 Å². The Morgan fingerprint density at radius 2 is 2.11 bits per heavy atom. The summed E-state index contributed by atoms with van der Waals surface area (Å²) in [6.07, 6.45) is 2.75. The molecule has 1 aliphatic heterocycles. The highest BCUT2D eigenvalue weighted by molar-refractivity contribution is 5.20. The second-order valence-electron chi connectivity index (χ2n) is 5.44. The fraction of sp³-hybridized carbons (Fsp3) is 0.625. The van der Waals surface area contributed by atoms with Crippen LogP contribution < -0.4 is 5.73 Å². The number of nitrogens with two attached hydrogens (primary N) is 1. The third kappa shape index (κ3) is 3.78. The van der Waals surface area contributed by atoms with Crippen molar-refractivity contribution >= 4 is 0 Å². The minimum Gasteiger partial charge on any atom is -0.377 e. The van der Waals surface area contributed by atoms with E-state index in [-0.39, 0.29) is 12.1 Å². The summed E-state index contributed by atoms with van der Waals surface area (Å²) in [5.41, 5.74) is 7.54. The van der Waals surface area contributed by atoms with Gasteiger partial charge in [0.05, 0.1) is 6.10 Å². The zero-order valence-corrected chi connectivity index (χ0v) is 12.1. The summed E-state index contributed by atoms with van der Waals surface area (Å²) in [5, 5.41) is 0. The molecule has 0 aromatic heterocycles. The number of benzene rings is 1. The van der Waals surface area contributed by atoms with Crippen LogP contribution in [-0.4, -0.2) is 36.7 Å². The summed E-state index contributed by atoms with van der Waals surface area (Å²) in [5.74, 6) is 0. The Labute approximate surface area is 116 Å². The molecule has 3 nitrogen and oxygen atoms in total. The van der Waals surface area contributed by atoms with Gasteiger partial charge in [-0.1, -0.05) is 37.3 Å². The van der Waals surface area contributed by atoms with Crippen LogP contribution in [0, 0.1) is 0 Å². The van der Waals surface area contributed by atoms with E-state index in [1.165, 1.54) is 18.4 Å². The third-order valence-corrected chi connectivity index (χ3v) is 3.90. The van der Waals surface area contributed by atoms with Gasteiger partial charge in [0.15, 0.2) is 0 Å². The molecule has 106 valence electrons. The van der Waals surface area contributed by atoms with Gasteiger partial charge in [0, 0.05) is 25.2 Å². The van der Waals surface area contributed by atoms with Crippen LogP contribution in [0.25, 0.3) is 0 Å². The van der Waals surface area contributed by atoms with E-state index in [0.717, 1.165) is 19.7 Å². The van der Waals surface area contributed by atoms with Crippen LogP contribution in [0.4, 0.5) is 0 Å². The van der Waals surface area contributed by atoms with E-state index in [4.69, 9.17) is 10.5 Å². The predicted octanol–water partition coefficient (Wildman–Crippen LogP) is 2.58. The van der Waals surface area contributed by atoms with Crippen molar-refractivity contribution in [3.8, 4) is 0 Å². The van der Waals surface area contributed by atoms with Gasteiger partial charge in [0.25, 0.3) is 0 Å². The monoisotopic (exact) mass is 262 g/mol. The van der Waals surface area contributed by atoms with E-state index in [9.17, 15) is 0 Å². The highest BCUT2D eigenvalue weighted by Crippen LogP contribution is 2.25. The van der Waals surface area contributed by atoms with E-state index >= 15 is 0 Å². The molecule has 1 saturated heterocycles. The molecule has 0 amide bonds. The fourth-order valence-corrected chi connectivity index (χ4v) is 2.99. The smallest absolute Gasteiger partial charge is 0.0703 e. The number of likely N-dealkylation sites (N-methyl/N-ethyl adjacent to an activating group) is 1. The van der Waals surface area contributed by atoms with E-state index in [1.807, 2.05) is 0 Å². The molecule has 0 aliphatic carbocycles. The zero-order chi connectivity index (χ0) is 13.7. The highest BCUT2D eigenvalue weighted by Gasteiger charge is 2.26. The maximum Gasteiger partial charge on any atom is 0.0703 e. The SMILES string of the molecule is CCN(CC1CCCO1)C(c1ccccc1)C(C)N. The Kier molecular flexibility index (Phi) is 5.37. The van der Waals surface area contributed by atoms with Gasteiger partial charge in [-0.05, 0) is 31.9 Å². The molecule has 1 aliphatic rings. The molecule has 0 radical (unpaired) electrons. The molecule has 1 aromatic rings. The number of rotatable bonds is 6. The lowest BCUT2D eigenvalue weighted by Crippen LogP contribution is -2.42. The Morgan fingerprint density at radius 1 is 1.37 bits per heavy atom. The molecule has 1 aromatic carbocycles. The van der Waals surface area contributed by atoms with Gasteiger partial charge in [0.2, 0.25) is 0 Å². The van der Waals surface area contributed by atoms with Crippen LogP contribution in [0.1, 0.15) is 38.3 Å². The Hall–Kier alpha value is -0.900. The molecule has 19 heavy (non-hydrogen) atoms. The summed E-state index contributed by atoms with van der Waals surface area (Å²) in [7, 11) is 0. The maximum absolute atomic E-state index is 6.24. The Bertz CT molecular complexity index is 360. The molecule has 1 fully saturated rings. The lowest BCUT2D eigenvalue weighted by atomic mass is 9.98. The lowest BCUT2D eigenvalue weighted by molar-refractivity contribution is 0.0546. The van der Waals surface area contributed by atoms with Crippen LogP contribution in [0.15, 0.2) is 30.3 Å². The zero-order valence-electron chi connectivity index (χ0n) is 12.1. The summed E-state index contributed by atoms with van der Waals surface area (Å²) in [4.78, 5) is 2.45. The summed E-state index contributed by atoms with van der Waals surface area (Å²) >= 11 is 0. The van der Waals surface area contributed by atoms with E-state index in [1.54, 1.807) is 0 Å². The molecule has 0 saturated carbocycles. The topological polar surface area (TPSA) is 38.5 Å². The molecule has 2 N–H and O–H groups in total. The third-order valence-electron chi connectivity index (χ3n) is 3.90. The lowest BCUT2D eigenvalue weighted by Gasteiger charge is -2.35. The van der Waals surface area contributed by atoms with Crippen molar-refractivity contribution < 1.29 is 4.74 Å². The van der Waals surface area contributed by atoms with Gasteiger partial charge in [-0.25, -0.2) is 0 Å². The van der Waals surface area contributed by atoms with Crippen molar-refractivity contribution in [3.63, 3.8) is 0 Å². The second kappa shape index (κ2) is 7.04. The highest BCUT2D eigenvalue weighted by atomic mass is 16.5. The maximum atomic E-state index is 6.24. The normalized spacial score (nSPS) is 22.6. The number of ether oxygens (including phenoxy) is 1. The largest absolute Gasteiger partial charge is 0.377 e. The molecule has 0 bridgehead atoms. The van der Waals surface area contributed by atoms with Gasteiger partial charge in [-0.15, -0.1) is 0 Å². The first-order chi connectivity index (χ1) is 9.22. The van der Waals surface area contributed by atoms with Gasteiger partial charge < -0.3 is 10.5 Å². The van der Waals surface area contributed by atoms with Crippen molar-refractivity contribution in [1.82, 2.24) is 4.90 Å². The van der Waals surface area contributed by atoms with E-state index < -0.39 is 0 Å². The van der Waals surface area contributed by atoms with Gasteiger partial charge >= 0.3 is 0 Å². The quantitative estimate of drug-likeness (QED) is 0.856. The first kappa shape index (κ1) is 14.5. The first-order valence-electron chi connectivity index (χ1n) is 7.38. The summed E-state index contributed by atoms with van der Waals surface area (Å²) in [6.45, 7) is 7.19. The minimum absolute atomic E-state index is 0.115. The molecule has 3 unspecified atom stereocenters. The van der Waals surface area contributed by atoms with Gasteiger partial charge in [0.1, 0.15) is 0 Å². The average molecular weight is 262 g/mol. The van der Waals surface area contributed by atoms with Crippen molar-refractivity contribution in [2.24, 2.45) is 5.73 Å². The van der Waals surface area contributed by atoms with Crippen LogP contribution >= 0.6 is 0 Å². The Balaban J connectivity index is 2.11. The minimum atomic E-state index is 0.115. The van der Waals surface area contributed by atoms with Crippen LogP contribution in [0.2, 0.25) is 0 Å². The van der Waals surface area contributed by atoms with Crippen LogP contribution in [0.5, 0.6) is 0 Å². The van der Waals surface area contributed by atoms with Crippen LogP contribution in [0.3, 0.4) is 0 Å². The molecule has 3 heteroatoms. The molecule has 1 heterocycles. The van der Waals surface area contributed by atoms with Crippen molar-refractivity contribution in [2.45, 2.75) is 44.9 Å². The number of hydrogen-bond acceptors (Lipinski definition) is 3. The standard InChI is InChI=1S/C16H26N2O/c1-3-18(12-15-10-7-11-19-15)16(13(2)17)14-8-5-4-6-9-14/h4-6,8-9,13,15-16H,3,7,10-12,17H2,1-2H3. The molecule has 3 atom stereocenters. The van der Waals surface area contributed by atoms with Crippen molar-refractivity contribution in [3.05, 3.63) is 35.9 Å². The molecular formula is C16H26N2O. The second-order valence-corrected chi connectivity index (χ2v) is 5.44. The van der Waals surface area contributed by atoms with Crippen molar-refractivity contribution in [1.29, 1.82) is 0 Å². The number of nitrogens with zero attached hydrogens (tertiary/aromatic N) is 1. The summed E-state index contributed by atoms with van der Waals surface area (Å²) < 4.78 is 5.77.